The highest BCUT2D eigenvalue weighted by molar-refractivity contribution is 5.84. The molecule has 0 atom stereocenters. The summed E-state index contributed by atoms with van der Waals surface area (Å²) < 4.78 is 13.0. The van der Waals surface area contributed by atoms with Crippen LogP contribution >= 0.6 is 0 Å². The molecule has 12 heavy (non-hydrogen) atoms. The summed E-state index contributed by atoms with van der Waals surface area (Å²) in [5, 5.41) is 9.62. The number of rotatable bonds is 0. The van der Waals surface area contributed by atoms with E-state index in [1.807, 2.05) is 0 Å². The van der Waals surface area contributed by atoms with Crippen LogP contribution in [0.15, 0.2) is 24.4 Å². The van der Waals surface area contributed by atoms with E-state index in [1.54, 1.807) is 6.07 Å². The SMILES string of the molecule is Oc1[c]cnc2c(F)cccc12. The molecule has 0 spiro atoms. The molecule has 1 aromatic carbocycles. The van der Waals surface area contributed by atoms with Crippen LogP contribution in [-0.4, -0.2) is 10.1 Å². The van der Waals surface area contributed by atoms with E-state index in [9.17, 15) is 9.50 Å². The molecule has 1 heterocycles. The fourth-order valence-electron chi connectivity index (χ4n) is 1.07. The number of fused-ring (bicyclic) bond motifs is 1. The molecule has 1 radical (unpaired) electrons. The second-order valence-electron chi connectivity index (χ2n) is 2.39. The second kappa shape index (κ2) is 2.44. The minimum Gasteiger partial charge on any atom is -0.507 e. The number of para-hydroxylation sites is 1. The normalized spacial score (nSPS) is 10.4. The molecule has 0 saturated heterocycles. The summed E-state index contributed by atoms with van der Waals surface area (Å²) >= 11 is 0. The van der Waals surface area contributed by atoms with Crippen LogP contribution in [0.25, 0.3) is 10.9 Å². The van der Waals surface area contributed by atoms with Gasteiger partial charge in [0.2, 0.25) is 0 Å². The zero-order chi connectivity index (χ0) is 8.55. The van der Waals surface area contributed by atoms with E-state index < -0.39 is 5.82 Å². The molecule has 0 unspecified atom stereocenters. The third-order valence-corrected chi connectivity index (χ3v) is 1.64. The quantitative estimate of drug-likeness (QED) is 0.641. The average Bonchev–Trinajstić information content (AvgIpc) is 2.07. The Morgan fingerprint density at radius 2 is 2.25 bits per heavy atom. The van der Waals surface area contributed by atoms with Gasteiger partial charge in [0.25, 0.3) is 0 Å². The Labute approximate surface area is 68.3 Å². The van der Waals surface area contributed by atoms with Crippen LogP contribution in [0, 0.1) is 11.9 Å². The van der Waals surface area contributed by atoms with Crippen molar-refractivity contribution in [2.75, 3.05) is 0 Å². The van der Waals surface area contributed by atoms with E-state index in [-0.39, 0.29) is 11.3 Å². The largest absolute Gasteiger partial charge is 0.507 e. The molecule has 2 nitrogen and oxygen atoms in total. The summed E-state index contributed by atoms with van der Waals surface area (Å²) in [6.45, 7) is 0. The minimum absolute atomic E-state index is 0.0699. The molecule has 0 fully saturated rings. The van der Waals surface area contributed by atoms with Gasteiger partial charge >= 0.3 is 0 Å². The molecule has 59 valence electrons. The molecule has 2 rings (SSSR count). The molecule has 0 saturated carbocycles. The second-order valence-corrected chi connectivity index (χ2v) is 2.39. The van der Waals surface area contributed by atoms with Crippen molar-refractivity contribution in [3.63, 3.8) is 0 Å². The van der Waals surface area contributed by atoms with Crippen LogP contribution in [-0.2, 0) is 0 Å². The van der Waals surface area contributed by atoms with Crippen LogP contribution in [0.2, 0.25) is 0 Å². The van der Waals surface area contributed by atoms with Gasteiger partial charge in [0.15, 0.2) is 0 Å². The maximum atomic E-state index is 13.0. The van der Waals surface area contributed by atoms with E-state index in [1.165, 1.54) is 18.3 Å². The number of nitrogens with zero attached hydrogens (tertiary/aromatic N) is 1. The molecule has 0 amide bonds. The third kappa shape index (κ3) is 0.906. The maximum absolute atomic E-state index is 13.0. The van der Waals surface area contributed by atoms with Crippen molar-refractivity contribution in [2.45, 2.75) is 0 Å². The molecular weight excluding hydrogens is 157 g/mol. The Morgan fingerprint density at radius 3 is 3.00 bits per heavy atom. The summed E-state index contributed by atoms with van der Waals surface area (Å²) in [6, 6.07) is 6.89. The Balaban J connectivity index is 2.94. The maximum Gasteiger partial charge on any atom is 0.149 e. The molecule has 1 aromatic heterocycles. The summed E-state index contributed by atoms with van der Waals surface area (Å²) in [7, 11) is 0. The first-order chi connectivity index (χ1) is 5.79. The molecule has 3 heteroatoms. The van der Waals surface area contributed by atoms with Gasteiger partial charge in [0.1, 0.15) is 17.1 Å². The highest BCUT2D eigenvalue weighted by Gasteiger charge is 2.03. The predicted octanol–water partition coefficient (Wildman–Crippen LogP) is 1.88. The van der Waals surface area contributed by atoms with Gasteiger partial charge in [-0.15, -0.1) is 0 Å². The fourth-order valence-corrected chi connectivity index (χ4v) is 1.07. The van der Waals surface area contributed by atoms with Crippen molar-refractivity contribution in [2.24, 2.45) is 0 Å². The van der Waals surface area contributed by atoms with Gasteiger partial charge in [0.05, 0.1) is 0 Å². The summed E-state index contributed by atoms with van der Waals surface area (Å²) in [5.74, 6) is -0.503. The van der Waals surface area contributed by atoms with Crippen molar-refractivity contribution in [1.29, 1.82) is 0 Å². The standard InChI is InChI=1S/C9H5FNO/c10-7-3-1-2-6-8(12)4-5-11-9(6)7/h1-3,5H,(H,11,12). The monoisotopic (exact) mass is 162 g/mol. The highest BCUT2D eigenvalue weighted by atomic mass is 19.1. The lowest BCUT2D eigenvalue weighted by molar-refractivity contribution is 0.479. The number of hydrogen-bond acceptors (Lipinski definition) is 2. The zero-order valence-electron chi connectivity index (χ0n) is 6.08. The van der Waals surface area contributed by atoms with E-state index in [0.29, 0.717) is 5.39 Å². The Morgan fingerprint density at radius 1 is 1.42 bits per heavy atom. The lowest BCUT2D eigenvalue weighted by Gasteiger charge is -1.98. The van der Waals surface area contributed by atoms with Crippen LogP contribution < -0.4 is 0 Å². The number of pyridine rings is 1. The van der Waals surface area contributed by atoms with Crippen molar-refractivity contribution in [3.8, 4) is 5.75 Å². The van der Waals surface area contributed by atoms with Gasteiger partial charge in [0, 0.05) is 17.6 Å². The third-order valence-electron chi connectivity index (χ3n) is 1.64. The van der Waals surface area contributed by atoms with Crippen molar-refractivity contribution in [1.82, 2.24) is 4.98 Å². The number of halogens is 1. The number of aromatic hydroxyl groups is 1. The zero-order valence-corrected chi connectivity index (χ0v) is 6.08. The molecule has 0 bridgehead atoms. The first-order valence-electron chi connectivity index (χ1n) is 3.43. The fraction of sp³-hybridized carbons (Fsp3) is 0. The molecule has 1 N–H and O–H groups in total. The molecule has 0 aliphatic rings. The minimum atomic E-state index is -0.434. The number of hydrogen-bond donors (Lipinski definition) is 1. The lowest BCUT2D eigenvalue weighted by atomic mass is 10.2. The smallest absolute Gasteiger partial charge is 0.149 e. The van der Waals surface area contributed by atoms with Gasteiger partial charge in [-0.2, -0.15) is 0 Å². The Bertz CT molecular complexity index is 387. The topological polar surface area (TPSA) is 33.1 Å². The molecular formula is C9H5FNO. The average molecular weight is 162 g/mol. The predicted molar refractivity (Wildman–Crippen MR) is 42.2 cm³/mol. The van der Waals surface area contributed by atoms with Crippen LogP contribution in [0.4, 0.5) is 4.39 Å². The first-order valence-corrected chi connectivity index (χ1v) is 3.43. The highest BCUT2D eigenvalue weighted by Crippen LogP contribution is 2.22. The van der Waals surface area contributed by atoms with Crippen LogP contribution in [0.3, 0.4) is 0 Å². The molecule has 0 aliphatic heterocycles. The van der Waals surface area contributed by atoms with Gasteiger partial charge in [-0.1, -0.05) is 6.07 Å². The van der Waals surface area contributed by atoms with E-state index in [2.05, 4.69) is 11.1 Å². The number of aromatic nitrogens is 1. The van der Waals surface area contributed by atoms with Crippen molar-refractivity contribution < 1.29 is 9.50 Å². The Kier molecular flexibility index (Phi) is 1.43. The van der Waals surface area contributed by atoms with Crippen LogP contribution in [0.5, 0.6) is 5.75 Å². The number of benzene rings is 1. The van der Waals surface area contributed by atoms with Gasteiger partial charge in [-0.05, 0) is 12.1 Å². The summed E-state index contributed by atoms with van der Waals surface area (Å²) in [5.41, 5.74) is 0.175. The van der Waals surface area contributed by atoms with Crippen LogP contribution in [0.1, 0.15) is 0 Å². The van der Waals surface area contributed by atoms with Gasteiger partial charge in [-0.3, -0.25) is 4.98 Å². The van der Waals surface area contributed by atoms with Gasteiger partial charge in [-0.25, -0.2) is 4.39 Å². The molecule has 2 aromatic rings. The lowest BCUT2D eigenvalue weighted by Crippen LogP contribution is -1.83. The van der Waals surface area contributed by atoms with Gasteiger partial charge < -0.3 is 5.11 Å². The first kappa shape index (κ1) is 7.03. The molecule has 0 aliphatic carbocycles. The van der Waals surface area contributed by atoms with Crippen molar-refractivity contribution >= 4 is 10.9 Å². The van der Waals surface area contributed by atoms with Crippen molar-refractivity contribution in [3.05, 3.63) is 36.3 Å². The van der Waals surface area contributed by atoms with E-state index in [4.69, 9.17) is 0 Å². The van der Waals surface area contributed by atoms with E-state index >= 15 is 0 Å². The summed E-state index contributed by atoms with van der Waals surface area (Å²) in [6.07, 6.45) is 1.25. The summed E-state index contributed by atoms with van der Waals surface area (Å²) in [4.78, 5) is 3.75. The van der Waals surface area contributed by atoms with E-state index in [0.717, 1.165) is 0 Å². The Hall–Kier alpha value is -1.64.